The van der Waals surface area contributed by atoms with Crippen LogP contribution in [0.25, 0.3) is 11.0 Å². The predicted octanol–water partition coefficient (Wildman–Crippen LogP) is 4.43. The molecule has 0 aliphatic carbocycles. The first kappa shape index (κ1) is 21.1. The Morgan fingerprint density at radius 3 is 2.33 bits per heavy atom. The van der Waals surface area contributed by atoms with Crippen molar-refractivity contribution >= 4 is 22.6 Å². The molecule has 0 saturated heterocycles. The number of carbonyl (C=O) groups is 1. The minimum absolute atomic E-state index is 0.000746. The van der Waals surface area contributed by atoms with Gasteiger partial charge in [-0.25, -0.2) is 4.79 Å². The number of alkyl halides is 5. The van der Waals surface area contributed by atoms with Crippen LogP contribution in [0.3, 0.4) is 0 Å². The third-order valence-electron chi connectivity index (χ3n) is 3.75. The first-order valence-electron chi connectivity index (χ1n) is 8.24. The molecule has 11 heteroatoms. The van der Waals surface area contributed by atoms with Crippen molar-refractivity contribution < 1.29 is 40.6 Å². The van der Waals surface area contributed by atoms with E-state index in [2.05, 4.69) is 10.1 Å². The van der Waals surface area contributed by atoms with E-state index in [1.165, 1.54) is 30.3 Å². The van der Waals surface area contributed by atoms with Crippen molar-refractivity contribution in [2.24, 2.45) is 0 Å². The van der Waals surface area contributed by atoms with Crippen LogP contribution in [-0.2, 0) is 11.0 Å². The molecule has 3 rings (SSSR count). The summed E-state index contributed by atoms with van der Waals surface area (Å²) in [6.07, 6.45) is -4.74. The minimum Gasteiger partial charge on any atom is -0.484 e. The van der Waals surface area contributed by atoms with Gasteiger partial charge in [-0.2, -0.15) is 22.0 Å². The van der Waals surface area contributed by atoms with E-state index >= 15 is 0 Å². The van der Waals surface area contributed by atoms with Gasteiger partial charge in [0.05, 0.1) is 5.56 Å². The maximum atomic E-state index is 13.0. The summed E-state index contributed by atoms with van der Waals surface area (Å²) in [6.45, 7) is -3.48. The lowest BCUT2D eigenvalue weighted by Crippen LogP contribution is -2.20. The van der Waals surface area contributed by atoms with Crippen molar-refractivity contribution in [2.75, 3.05) is 11.9 Å². The number of anilines is 1. The molecule has 3 aromatic rings. The Bertz CT molecular complexity index is 1110. The van der Waals surface area contributed by atoms with Crippen LogP contribution in [0.15, 0.2) is 57.7 Å². The Balaban J connectivity index is 1.67. The second kappa shape index (κ2) is 8.39. The van der Waals surface area contributed by atoms with E-state index in [1.807, 2.05) is 0 Å². The van der Waals surface area contributed by atoms with Gasteiger partial charge in [-0.15, -0.1) is 0 Å². The zero-order valence-corrected chi connectivity index (χ0v) is 14.8. The van der Waals surface area contributed by atoms with E-state index in [0.29, 0.717) is 6.07 Å². The van der Waals surface area contributed by atoms with Gasteiger partial charge in [-0.1, -0.05) is 0 Å². The predicted molar refractivity (Wildman–Crippen MR) is 94.7 cm³/mol. The molecule has 0 spiro atoms. The van der Waals surface area contributed by atoms with Gasteiger partial charge < -0.3 is 19.2 Å². The van der Waals surface area contributed by atoms with Crippen LogP contribution in [0.4, 0.5) is 27.6 Å². The number of hydrogen-bond donors (Lipinski definition) is 1. The highest BCUT2D eigenvalue weighted by Crippen LogP contribution is 2.34. The lowest BCUT2D eigenvalue weighted by molar-refractivity contribution is -0.136. The number of benzene rings is 2. The van der Waals surface area contributed by atoms with Crippen LogP contribution in [0.5, 0.6) is 11.5 Å². The van der Waals surface area contributed by atoms with Crippen molar-refractivity contribution in [3.05, 3.63) is 64.5 Å². The lowest BCUT2D eigenvalue weighted by Gasteiger charge is -2.11. The fourth-order valence-corrected chi connectivity index (χ4v) is 2.53. The zero-order chi connectivity index (χ0) is 21.9. The van der Waals surface area contributed by atoms with Gasteiger partial charge in [-0.3, -0.25) is 4.79 Å². The number of carbonyl (C=O) groups excluding carboxylic acids is 1. The summed E-state index contributed by atoms with van der Waals surface area (Å²) >= 11 is 0. The second-order valence-corrected chi connectivity index (χ2v) is 5.87. The highest BCUT2D eigenvalue weighted by molar-refractivity contribution is 5.92. The normalized spacial score (nSPS) is 11.5. The third kappa shape index (κ3) is 5.25. The lowest BCUT2D eigenvalue weighted by atomic mass is 10.1. The second-order valence-electron chi connectivity index (χ2n) is 5.87. The molecule has 1 amide bonds. The molecule has 0 unspecified atom stereocenters. The van der Waals surface area contributed by atoms with Crippen LogP contribution in [-0.4, -0.2) is 19.1 Å². The van der Waals surface area contributed by atoms with Gasteiger partial charge >= 0.3 is 18.4 Å². The summed E-state index contributed by atoms with van der Waals surface area (Å²) in [5.74, 6) is -0.709. The maximum absolute atomic E-state index is 13.0. The highest BCUT2D eigenvalue weighted by atomic mass is 19.4. The smallest absolute Gasteiger partial charge is 0.417 e. The van der Waals surface area contributed by atoms with E-state index in [-0.39, 0.29) is 28.2 Å². The molecule has 2 aromatic carbocycles. The Morgan fingerprint density at radius 1 is 1.03 bits per heavy atom. The summed E-state index contributed by atoms with van der Waals surface area (Å²) in [6, 6.07) is 8.80. The van der Waals surface area contributed by atoms with E-state index in [0.717, 1.165) is 12.1 Å². The first-order valence-corrected chi connectivity index (χ1v) is 8.24. The average Bonchev–Trinajstić information content (AvgIpc) is 2.66. The number of fused-ring (bicyclic) bond motifs is 1. The Morgan fingerprint density at radius 2 is 1.70 bits per heavy atom. The van der Waals surface area contributed by atoms with Crippen LogP contribution in [0.2, 0.25) is 0 Å². The molecule has 1 N–H and O–H groups in total. The molecule has 1 heterocycles. The molecule has 0 aliphatic rings. The van der Waals surface area contributed by atoms with Gasteiger partial charge in [0, 0.05) is 23.2 Å². The molecule has 158 valence electrons. The molecule has 0 bridgehead atoms. The SMILES string of the molecule is O=C(COc1ccc2c(C(F)(F)F)cc(=O)oc2c1)Nc1ccc(OC(F)F)cc1. The molecule has 0 aliphatic heterocycles. The molecule has 0 atom stereocenters. The molecular formula is C19H12F5NO5. The number of hydrogen-bond acceptors (Lipinski definition) is 5. The van der Waals surface area contributed by atoms with Crippen LogP contribution in [0.1, 0.15) is 5.56 Å². The van der Waals surface area contributed by atoms with Crippen LogP contribution < -0.4 is 20.4 Å². The topological polar surface area (TPSA) is 77.8 Å². The van der Waals surface area contributed by atoms with Gasteiger partial charge in [-0.05, 0) is 36.4 Å². The molecule has 30 heavy (non-hydrogen) atoms. The van der Waals surface area contributed by atoms with Gasteiger partial charge in [0.1, 0.15) is 17.1 Å². The third-order valence-corrected chi connectivity index (χ3v) is 3.75. The number of amides is 1. The van der Waals surface area contributed by atoms with Crippen molar-refractivity contribution in [1.29, 1.82) is 0 Å². The molecular weight excluding hydrogens is 417 g/mol. The highest BCUT2D eigenvalue weighted by Gasteiger charge is 2.33. The van der Waals surface area contributed by atoms with Gasteiger partial charge in [0.2, 0.25) is 0 Å². The Labute approximate surface area is 164 Å². The van der Waals surface area contributed by atoms with Crippen LogP contribution >= 0.6 is 0 Å². The van der Waals surface area contributed by atoms with E-state index in [1.54, 1.807) is 0 Å². The molecule has 1 aromatic heterocycles. The summed E-state index contributed by atoms with van der Waals surface area (Å²) in [4.78, 5) is 23.3. The monoisotopic (exact) mass is 429 g/mol. The molecule has 0 radical (unpaired) electrons. The summed E-state index contributed by atoms with van der Waals surface area (Å²) in [7, 11) is 0. The average molecular weight is 429 g/mol. The number of rotatable bonds is 6. The minimum atomic E-state index is -4.74. The first-order chi connectivity index (χ1) is 14.1. The van der Waals surface area contributed by atoms with Gasteiger partial charge in [0.25, 0.3) is 5.91 Å². The van der Waals surface area contributed by atoms with E-state index in [9.17, 15) is 31.5 Å². The maximum Gasteiger partial charge on any atom is 0.417 e. The van der Waals surface area contributed by atoms with Crippen LogP contribution in [0, 0.1) is 0 Å². The molecule has 6 nitrogen and oxygen atoms in total. The number of halogens is 5. The number of nitrogens with one attached hydrogen (secondary N) is 1. The van der Waals surface area contributed by atoms with Crippen molar-refractivity contribution in [2.45, 2.75) is 12.8 Å². The van der Waals surface area contributed by atoms with Crippen molar-refractivity contribution in [3.63, 3.8) is 0 Å². The fourth-order valence-electron chi connectivity index (χ4n) is 2.53. The van der Waals surface area contributed by atoms with E-state index in [4.69, 9.17) is 9.15 Å². The molecule has 0 fully saturated rings. The quantitative estimate of drug-likeness (QED) is 0.463. The fraction of sp³-hybridized carbons (Fsp3) is 0.158. The Kier molecular flexibility index (Phi) is 5.90. The van der Waals surface area contributed by atoms with Gasteiger partial charge in [0.15, 0.2) is 6.61 Å². The van der Waals surface area contributed by atoms with E-state index < -0.39 is 36.5 Å². The standard InChI is InChI=1S/C19H12F5NO5/c20-18(21)29-11-3-1-10(2-4-11)25-16(26)9-28-12-5-6-13-14(19(22,23)24)8-17(27)30-15(13)7-12/h1-8,18H,9H2,(H,25,26). The Hall–Kier alpha value is -3.63. The largest absolute Gasteiger partial charge is 0.484 e. The molecule has 0 saturated carbocycles. The number of ether oxygens (including phenoxy) is 2. The summed E-state index contributed by atoms with van der Waals surface area (Å²) < 4.78 is 77.5. The van der Waals surface area contributed by atoms with Crippen molar-refractivity contribution in [3.8, 4) is 11.5 Å². The zero-order valence-electron chi connectivity index (χ0n) is 14.8. The summed E-state index contributed by atoms with van der Waals surface area (Å²) in [5, 5.41) is 2.11. The summed E-state index contributed by atoms with van der Waals surface area (Å²) in [5.41, 5.74) is -2.38. The van der Waals surface area contributed by atoms with Crippen molar-refractivity contribution in [1.82, 2.24) is 0 Å².